The molecule has 116 valence electrons. The summed E-state index contributed by atoms with van der Waals surface area (Å²) in [5.41, 5.74) is 0.280. The van der Waals surface area contributed by atoms with E-state index in [1.807, 2.05) is 6.92 Å². The summed E-state index contributed by atoms with van der Waals surface area (Å²) < 4.78 is 5.75. The number of thioether (sulfide) groups is 1. The summed E-state index contributed by atoms with van der Waals surface area (Å²) in [6.45, 7) is 1.81. The summed E-state index contributed by atoms with van der Waals surface area (Å²) in [6.07, 6.45) is 1.61. The van der Waals surface area contributed by atoms with Crippen molar-refractivity contribution in [3.8, 4) is 0 Å². The fraction of sp³-hybridized carbons (Fsp3) is 0.0667. The molecular weight excluding hydrogens is 336 g/mol. The van der Waals surface area contributed by atoms with Crippen LogP contribution in [0.25, 0.3) is 6.08 Å². The molecule has 0 bridgehead atoms. The van der Waals surface area contributed by atoms with Crippen molar-refractivity contribution in [1.82, 2.24) is 0 Å². The molecule has 0 unspecified atom stereocenters. The van der Waals surface area contributed by atoms with Crippen molar-refractivity contribution in [3.05, 3.63) is 62.9 Å². The van der Waals surface area contributed by atoms with Gasteiger partial charge in [-0.05, 0) is 25.1 Å². The molecule has 1 aliphatic heterocycles. The number of amides is 1. The molecule has 3 rings (SSSR count). The number of benzene rings is 1. The monoisotopic (exact) mass is 346 g/mol. The number of nitrogens with zero attached hydrogens (tertiary/aromatic N) is 2. The summed E-state index contributed by atoms with van der Waals surface area (Å²) in [6, 6.07) is 9.37. The van der Waals surface area contributed by atoms with Crippen LogP contribution in [0.3, 0.4) is 0 Å². The zero-order chi connectivity index (χ0) is 16.6. The fourth-order valence-electron chi connectivity index (χ4n) is 2.10. The number of anilines is 1. The van der Waals surface area contributed by atoms with E-state index >= 15 is 0 Å². The molecule has 2 aromatic rings. The van der Waals surface area contributed by atoms with Gasteiger partial charge in [0.15, 0.2) is 4.32 Å². The van der Waals surface area contributed by atoms with Crippen LogP contribution in [0.2, 0.25) is 0 Å². The second kappa shape index (κ2) is 5.98. The van der Waals surface area contributed by atoms with Crippen LogP contribution in [0, 0.1) is 17.0 Å². The Hall–Kier alpha value is -2.45. The largest absolute Gasteiger partial charge is 0.462 e. The zero-order valence-corrected chi connectivity index (χ0v) is 13.5. The first-order valence-electron chi connectivity index (χ1n) is 6.54. The lowest BCUT2D eigenvalue weighted by Crippen LogP contribution is -2.27. The van der Waals surface area contributed by atoms with Crippen LogP contribution in [0.15, 0.2) is 45.7 Å². The molecule has 1 saturated heterocycles. The minimum atomic E-state index is -0.511. The highest BCUT2D eigenvalue weighted by molar-refractivity contribution is 8.27. The van der Waals surface area contributed by atoms with Crippen molar-refractivity contribution < 1.29 is 14.1 Å². The normalized spacial score (nSPS) is 16.4. The van der Waals surface area contributed by atoms with E-state index in [9.17, 15) is 14.9 Å². The van der Waals surface area contributed by atoms with E-state index < -0.39 is 4.92 Å². The Morgan fingerprint density at radius 2 is 2.13 bits per heavy atom. The van der Waals surface area contributed by atoms with Crippen molar-refractivity contribution in [2.45, 2.75) is 6.92 Å². The average molecular weight is 346 g/mol. The number of furan rings is 1. The number of carbonyl (C=O) groups is 1. The quantitative estimate of drug-likeness (QED) is 0.363. The molecule has 0 aliphatic carbocycles. The molecule has 8 heteroatoms. The van der Waals surface area contributed by atoms with E-state index in [4.69, 9.17) is 16.6 Å². The van der Waals surface area contributed by atoms with Gasteiger partial charge in [-0.2, -0.15) is 0 Å². The molecule has 0 N–H and O–H groups in total. The number of hydrogen-bond acceptors (Lipinski definition) is 6. The molecule has 1 aliphatic rings. The number of carbonyl (C=O) groups excluding carboxylic acids is 1. The molecule has 6 nitrogen and oxygen atoms in total. The van der Waals surface area contributed by atoms with Gasteiger partial charge in [-0.15, -0.1) is 0 Å². The van der Waals surface area contributed by atoms with Crippen molar-refractivity contribution in [3.63, 3.8) is 0 Å². The molecule has 1 fully saturated rings. The van der Waals surface area contributed by atoms with Crippen LogP contribution >= 0.6 is 24.0 Å². The van der Waals surface area contributed by atoms with E-state index in [0.717, 1.165) is 17.5 Å². The molecule has 0 saturated carbocycles. The number of thiocarbonyl (C=S) groups is 1. The van der Waals surface area contributed by atoms with Crippen molar-refractivity contribution >= 4 is 51.7 Å². The van der Waals surface area contributed by atoms with Crippen LogP contribution in [0.1, 0.15) is 11.5 Å². The van der Waals surface area contributed by atoms with Gasteiger partial charge < -0.3 is 4.42 Å². The van der Waals surface area contributed by atoms with E-state index in [2.05, 4.69) is 0 Å². The summed E-state index contributed by atoms with van der Waals surface area (Å²) >= 11 is 6.37. The molecule has 23 heavy (non-hydrogen) atoms. The molecule has 1 aromatic heterocycles. The Morgan fingerprint density at radius 1 is 1.35 bits per heavy atom. The maximum absolute atomic E-state index is 12.5. The van der Waals surface area contributed by atoms with Crippen molar-refractivity contribution in [2.75, 3.05) is 4.90 Å². The van der Waals surface area contributed by atoms with Gasteiger partial charge in [-0.3, -0.25) is 19.8 Å². The highest BCUT2D eigenvalue weighted by atomic mass is 32.2. The number of hydrogen-bond donors (Lipinski definition) is 0. The van der Waals surface area contributed by atoms with E-state index in [1.165, 1.54) is 23.1 Å². The van der Waals surface area contributed by atoms with Gasteiger partial charge >= 0.3 is 0 Å². The summed E-state index contributed by atoms with van der Waals surface area (Å²) in [7, 11) is 0. The van der Waals surface area contributed by atoms with Crippen LogP contribution in [0.5, 0.6) is 0 Å². The SMILES string of the molecule is Cc1ccc(/C=C2\SC(=S)N(c3cccc([N+](=O)[O-])c3)C2=O)o1. The number of non-ortho nitro benzene ring substituents is 1. The first-order valence-corrected chi connectivity index (χ1v) is 7.77. The molecule has 2 heterocycles. The van der Waals surface area contributed by atoms with E-state index in [1.54, 1.807) is 24.3 Å². The Morgan fingerprint density at radius 3 is 2.78 bits per heavy atom. The van der Waals surface area contributed by atoms with Gasteiger partial charge in [0.2, 0.25) is 0 Å². The zero-order valence-electron chi connectivity index (χ0n) is 11.9. The number of aryl methyl sites for hydroxylation is 1. The van der Waals surface area contributed by atoms with Crippen LogP contribution < -0.4 is 4.90 Å². The highest BCUT2D eigenvalue weighted by Crippen LogP contribution is 2.37. The van der Waals surface area contributed by atoms with Gasteiger partial charge in [0, 0.05) is 18.2 Å². The smallest absolute Gasteiger partial charge is 0.271 e. The predicted octanol–water partition coefficient (Wildman–Crippen LogP) is 3.90. The van der Waals surface area contributed by atoms with E-state index in [-0.39, 0.29) is 11.6 Å². The summed E-state index contributed by atoms with van der Waals surface area (Å²) in [4.78, 5) is 24.6. The Bertz CT molecular complexity index is 857. The van der Waals surface area contributed by atoms with E-state index in [0.29, 0.717) is 20.7 Å². The lowest BCUT2D eigenvalue weighted by atomic mass is 10.2. The Labute approximate surface area is 140 Å². The first kappa shape index (κ1) is 15.4. The third-order valence-corrected chi connectivity index (χ3v) is 4.43. The minimum absolute atomic E-state index is 0.0952. The number of nitro benzene ring substituents is 1. The second-order valence-electron chi connectivity index (χ2n) is 4.74. The third kappa shape index (κ3) is 3.03. The predicted molar refractivity (Wildman–Crippen MR) is 92.2 cm³/mol. The average Bonchev–Trinajstić information content (AvgIpc) is 3.03. The molecule has 0 radical (unpaired) electrons. The number of nitro groups is 1. The van der Waals surface area contributed by atoms with Gasteiger partial charge in [-0.1, -0.05) is 30.0 Å². The van der Waals surface area contributed by atoms with Gasteiger partial charge in [0.1, 0.15) is 11.5 Å². The van der Waals surface area contributed by atoms with Crippen LogP contribution in [-0.4, -0.2) is 15.2 Å². The topological polar surface area (TPSA) is 76.6 Å². The van der Waals surface area contributed by atoms with Gasteiger partial charge in [0.05, 0.1) is 15.5 Å². The molecule has 1 aromatic carbocycles. The molecule has 1 amide bonds. The molecule has 0 spiro atoms. The lowest BCUT2D eigenvalue weighted by Gasteiger charge is -2.13. The second-order valence-corrected chi connectivity index (χ2v) is 6.42. The maximum atomic E-state index is 12.5. The van der Waals surface area contributed by atoms with Gasteiger partial charge in [-0.25, -0.2) is 0 Å². The summed E-state index contributed by atoms with van der Waals surface area (Å²) in [5, 5.41) is 10.9. The van der Waals surface area contributed by atoms with Gasteiger partial charge in [0.25, 0.3) is 11.6 Å². The standard InChI is InChI=1S/C15H10N2O4S2/c1-9-5-6-12(21-9)8-13-14(18)16(15(22)23-13)10-3-2-4-11(7-10)17(19)20/h2-8H,1H3/b13-8-. The molecule has 0 atom stereocenters. The third-order valence-electron chi connectivity index (χ3n) is 3.13. The first-order chi connectivity index (χ1) is 11.0. The van der Waals surface area contributed by atoms with Crippen LogP contribution in [0.4, 0.5) is 11.4 Å². The Kier molecular flexibility index (Phi) is 4.01. The fourth-order valence-corrected chi connectivity index (χ4v) is 3.38. The number of rotatable bonds is 3. The molecular formula is C15H10N2O4S2. The minimum Gasteiger partial charge on any atom is -0.462 e. The Balaban J connectivity index is 1.94. The lowest BCUT2D eigenvalue weighted by molar-refractivity contribution is -0.384. The maximum Gasteiger partial charge on any atom is 0.271 e. The van der Waals surface area contributed by atoms with Crippen LogP contribution in [-0.2, 0) is 4.79 Å². The summed E-state index contributed by atoms with van der Waals surface area (Å²) in [5.74, 6) is 0.974. The van der Waals surface area contributed by atoms with Crippen molar-refractivity contribution in [1.29, 1.82) is 0 Å². The highest BCUT2D eigenvalue weighted by Gasteiger charge is 2.34. The van der Waals surface area contributed by atoms with Crippen molar-refractivity contribution in [2.24, 2.45) is 0 Å².